The third-order valence-electron chi connectivity index (χ3n) is 4.51. The second-order valence-corrected chi connectivity index (χ2v) is 7.71. The highest BCUT2D eigenvalue weighted by Gasteiger charge is 2.33. The molecule has 126 valence electrons. The van der Waals surface area contributed by atoms with Crippen LogP contribution < -0.4 is 5.32 Å². The van der Waals surface area contributed by atoms with Crippen molar-refractivity contribution in [3.05, 3.63) is 12.0 Å². The van der Waals surface area contributed by atoms with Gasteiger partial charge in [0.05, 0.1) is 0 Å². The molecular formula is C13H24ClN5O2S. The zero-order valence-corrected chi connectivity index (χ0v) is 14.7. The van der Waals surface area contributed by atoms with Gasteiger partial charge in [0.25, 0.3) is 10.0 Å². The molecule has 0 bridgehead atoms. The molecule has 0 aliphatic carbocycles. The average Bonchev–Trinajstić information content (AvgIpc) is 3.10. The van der Waals surface area contributed by atoms with Gasteiger partial charge >= 0.3 is 0 Å². The van der Waals surface area contributed by atoms with Gasteiger partial charge in [0.2, 0.25) is 0 Å². The first kappa shape index (κ1) is 17.7. The van der Waals surface area contributed by atoms with Gasteiger partial charge in [-0.05, 0) is 19.9 Å². The maximum Gasteiger partial charge on any atom is 0.262 e. The molecule has 3 heterocycles. The largest absolute Gasteiger partial charge is 0.337 e. The number of sulfonamides is 1. The summed E-state index contributed by atoms with van der Waals surface area (Å²) >= 11 is 0. The van der Waals surface area contributed by atoms with Crippen LogP contribution in [0.1, 0.15) is 12.2 Å². The zero-order chi connectivity index (χ0) is 15.0. The Kier molecular flexibility index (Phi) is 5.50. The predicted molar refractivity (Wildman–Crippen MR) is 86.8 cm³/mol. The van der Waals surface area contributed by atoms with E-state index in [1.54, 1.807) is 15.1 Å². The number of imidazole rings is 1. The van der Waals surface area contributed by atoms with Gasteiger partial charge in [-0.15, -0.1) is 12.4 Å². The van der Waals surface area contributed by atoms with E-state index in [0.717, 1.165) is 32.6 Å². The van der Waals surface area contributed by atoms with E-state index in [1.807, 2.05) is 14.0 Å². The second-order valence-electron chi connectivity index (χ2n) is 5.82. The van der Waals surface area contributed by atoms with Gasteiger partial charge in [-0.25, -0.2) is 13.4 Å². The lowest BCUT2D eigenvalue weighted by Crippen LogP contribution is -2.52. The van der Waals surface area contributed by atoms with Crippen molar-refractivity contribution in [2.24, 2.45) is 7.05 Å². The molecule has 1 N–H and O–H groups in total. The van der Waals surface area contributed by atoms with Crippen LogP contribution >= 0.6 is 12.4 Å². The van der Waals surface area contributed by atoms with E-state index in [2.05, 4.69) is 15.2 Å². The van der Waals surface area contributed by atoms with E-state index in [1.165, 1.54) is 0 Å². The van der Waals surface area contributed by atoms with E-state index in [0.29, 0.717) is 25.0 Å². The molecule has 3 rings (SSSR count). The van der Waals surface area contributed by atoms with Gasteiger partial charge < -0.3 is 9.88 Å². The van der Waals surface area contributed by atoms with E-state index in [-0.39, 0.29) is 17.4 Å². The molecule has 9 heteroatoms. The Morgan fingerprint density at radius 3 is 2.45 bits per heavy atom. The number of aryl methyl sites for hydroxylation is 2. The Morgan fingerprint density at radius 1 is 1.27 bits per heavy atom. The first-order valence-corrected chi connectivity index (χ1v) is 8.87. The molecule has 0 aromatic carbocycles. The number of nitrogens with one attached hydrogen (secondary N) is 1. The molecule has 2 aliphatic rings. The Bertz CT molecular complexity index is 584. The fourth-order valence-electron chi connectivity index (χ4n) is 3.04. The van der Waals surface area contributed by atoms with Crippen LogP contribution in [0.25, 0.3) is 0 Å². The highest BCUT2D eigenvalue weighted by atomic mass is 35.5. The van der Waals surface area contributed by atoms with Gasteiger partial charge in [0.15, 0.2) is 5.03 Å². The van der Waals surface area contributed by atoms with Crippen molar-refractivity contribution < 1.29 is 8.42 Å². The lowest BCUT2D eigenvalue weighted by atomic mass is 10.2. The average molecular weight is 350 g/mol. The standard InChI is InChI=1S/C13H23N5O2S.ClH/c1-11-15-13(10-16(11)2)21(19,20)18-7-5-17(6-8-18)12-3-4-14-9-12;/h10,12,14H,3-9H2,1-2H3;1H. The summed E-state index contributed by atoms with van der Waals surface area (Å²) in [5.41, 5.74) is 0. The first-order chi connectivity index (χ1) is 9.98. The number of piperazine rings is 1. The molecule has 22 heavy (non-hydrogen) atoms. The normalized spacial score (nSPS) is 24.4. The summed E-state index contributed by atoms with van der Waals surface area (Å²) in [6, 6.07) is 0.562. The van der Waals surface area contributed by atoms with E-state index in [9.17, 15) is 8.42 Å². The van der Waals surface area contributed by atoms with Crippen LogP contribution in [0, 0.1) is 6.92 Å². The summed E-state index contributed by atoms with van der Waals surface area (Å²) in [6.45, 7) is 6.60. The Hall–Kier alpha value is -0.670. The Balaban J connectivity index is 0.00000176. The summed E-state index contributed by atoms with van der Waals surface area (Å²) in [6.07, 6.45) is 2.75. The van der Waals surface area contributed by atoms with E-state index in [4.69, 9.17) is 0 Å². The topological polar surface area (TPSA) is 70.5 Å². The van der Waals surface area contributed by atoms with Gasteiger partial charge in [-0.2, -0.15) is 4.31 Å². The molecule has 1 aromatic heterocycles. The number of hydrogen-bond acceptors (Lipinski definition) is 5. The molecule has 0 amide bonds. The highest BCUT2D eigenvalue weighted by Crippen LogP contribution is 2.19. The van der Waals surface area contributed by atoms with Gasteiger partial charge in [-0.3, -0.25) is 4.90 Å². The minimum Gasteiger partial charge on any atom is -0.337 e. The smallest absolute Gasteiger partial charge is 0.262 e. The quantitative estimate of drug-likeness (QED) is 0.819. The predicted octanol–water partition coefficient (Wildman–Crippen LogP) is -0.181. The number of nitrogens with zero attached hydrogens (tertiary/aromatic N) is 4. The van der Waals surface area contributed by atoms with Crippen molar-refractivity contribution >= 4 is 22.4 Å². The molecule has 2 fully saturated rings. The molecule has 7 nitrogen and oxygen atoms in total. The minimum atomic E-state index is -3.45. The van der Waals surface area contributed by atoms with Crippen LogP contribution in [0.5, 0.6) is 0 Å². The molecule has 0 radical (unpaired) electrons. The molecule has 2 aliphatic heterocycles. The van der Waals surface area contributed by atoms with Crippen molar-refractivity contribution in [1.29, 1.82) is 0 Å². The monoisotopic (exact) mass is 349 g/mol. The van der Waals surface area contributed by atoms with E-state index >= 15 is 0 Å². The lowest BCUT2D eigenvalue weighted by Gasteiger charge is -2.36. The number of hydrogen-bond donors (Lipinski definition) is 1. The maximum atomic E-state index is 12.6. The van der Waals surface area contributed by atoms with Crippen LogP contribution in [-0.4, -0.2) is 72.5 Å². The molecule has 2 saturated heterocycles. The van der Waals surface area contributed by atoms with Crippen molar-refractivity contribution in [2.45, 2.75) is 24.4 Å². The number of halogens is 1. The first-order valence-electron chi connectivity index (χ1n) is 7.43. The van der Waals surface area contributed by atoms with Crippen molar-refractivity contribution in [1.82, 2.24) is 24.1 Å². The van der Waals surface area contributed by atoms with Gasteiger partial charge in [0.1, 0.15) is 5.82 Å². The molecule has 1 atom stereocenters. The summed E-state index contributed by atoms with van der Waals surface area (Å²) in [4.78, 5) is 6.56. The Morgan fingerprint density at radius 2 is 1.95 bits per heavy atom. The molecule has 1 unspecified atom stereocenters. The minimum absolute atomic E-state index is 0. The third kappa shape index (κ3) is 3.30. The van der Waals surface area contributed by atoms with Crippen LogP contribution in [0.2, 0.25) is 0 Å². The van der Waals surface area contributed by atoms with Crippen molar-refractivity contribution in [3.63, 3.8) is 0 Å². The summed E-state index contributed by atoms with van der Waals surface area (Å²) in [5.74, 6) is 0.712. The Labute approximate surface area is 138 Å². The van der Waals surface area contributed by atoms with E-state index < -0.39 is 10.0 Å². The third-order valence-corrected chi connectivity index (χ3v) is 6.28. The number of rotatable bonds is 3. The molecular weight excluding hydrogens is 326 g/mol. The maximum absolute atomic E-state index is 12.6. The van der Waals surface area contributed by atoms with Gasteiger partial charge in [0, 0.05) is 52.0 Å². The molecule has 0 saturated carbocycles. The fraction of sp³-hybridized carbons (Fsp3) is 0.769. The molecule has 0 spiro atoms. The zero-order valence-electron chi connectivity index (χ0n) is 13.0. The number of aromatic nitrogens is 2. The lowest BCUT2D eigenvalue weighted by molar-refractivity contribution is 0.145. The summed E-state index contributed by atoms with van der Waals surface area (Å²) < 4.78 is 28.5. The second kappa shape index (κ2) is 6.84. The summed E-state index contributed by atoms with van der Waals surface area (Å²) in [5, 5.41) is 3.52. The summed E-state index contributed by atoms with van der Waals surface area (Å²) in [7, 11) is -1.64. The van der Waals surface area contributed by atoms with Crippen LogP contribution in [0.15, 0.2) is 11.2 Å². The van der Waals surface area contributed by atoms with Crippen LogP contribution in [0.3, 0.4) is 0 Å². The SMILES string of the molecule is Cc1nc(S(=O)(=O)N2CCN(C3CCNC3)CC2)cn1C.Cl. The highest BCUT2D eigenvalue weighted by molar-refractivity contribution is 7.89. The fourth-order valence-corrected chi connectivity index (χ4v) is 4.49. The van der Waals surface area contributed by atoms with Crippen molar-refractivity contribution in [3.8, 4) is 0 Å². The van der Waals surface area contributed by atoms with Crippen molar-refractivity contribution in [2.75, 3.05) is 39.3 Å². The van der Waals surface area contributed by atoms with Crippen LogP contribution in [0.4, 0.5) is 0 Å². The molecule has 1 aromatic rings. The van der Waals surface area contributed by atoms with Gasteiger partial charge in [-0.1, -0.05) is 0 Å². The van der Waals surface area contributed by atoms with Crippen LogP contribution in [-0.2, 0) is 17.1 Å².